The molecule has 0 spiro atoms. The van der Waals surface area contributed by atoms with Crippen LogP contribution in [-0.4, -0.2) is 21.5 Å². The van der Waals surface area contributed by atoms with E-state index in [1.165, 1.54) is 0 Å². The molecule has 5 nitrogen and oxygen atoms in total. The summed E-state index contributed by atoms with van der Waals surface area (Å²) in [5, 5.41) is 7.04. The van der Waals surface area contributed by atoms with Crippen LogP contribution in [0.4, 0.5) is 5.82 Å². The molecular formula is C19H25N3O2. The number of amides is 1. The van der Waals surface area contributed by atoms with E-state index in [1.807, 2.05) is 32.0 Å². The van der Waals surface area contributed by atoms with Gasteiger partial charge in [0.2, 0.25) is 5.91 Å². The average molecular weight is 327 g/mol. The fourth-order valence-electron chi connectivity index (χ4n) is 2.42. The molecule has 1 heterocycles. The first-order chi connectivity index (χ1) is 11.4. The van der Waals surface area contributed by atoms with E-state index in [9.17, 15) is 9.59 Å². The van der Waals surface area contributed by atoms with Crippen LogP contribution < -0.4 is 5.32 Å². The van der Waals surface area contributed by atoms with E-state index in [4.69, 9.17) is 0 Å². The highest BCUT2D eigenvalue weighted by Crippen LogP contribution is 2.14. The Bertz CT molecular complexity index is 732. The monoisotopic (exact) mass is 327 g/mol. The van der Waals surface area contributed by atoms with Gasteiger partial charge >= 0.3 is 0 Å². The molecule has 1 N–H and O–H groups in total. The number of aryl methyl sites for hydroxylation is 2. The zero-order chi connectivity index (χ0) is 17.7. The van der Waals surface area contributed by atoms with Crippen molar-refractivity contribution in [2.24, 2.45) is 5.92 Å². The lowest BCUT2D eigenvalue weighted by Crippen LogP contribution is -2.18. The number of ketones is 1. The van der Waals surface area contributed by atoms with Gasteiger partial charge in [-0.15, -0.1) is 0 Å². The van der Waals surface area contributed by atoms with Crippen LogP contribution in [0, 0.1) is 19.8 Å². The van der Waals surface area contributed by atoms with Crippen LogP contribution in [0.25, 0.3) is 0 Å². The Labute approximate surface area is 143 Å². The topological polar surface area (TPSA) is 64.0 Å². The third-order valence-corrected chi connectivity index (χ3v) is 3.93. The second-order valence-corrected chi connectivity index (χ2v) is 6.56. The van der Waals surface area contributed by atoms with Gasteiger partial charge < -0.3 is 5.32 Å². The van der Waals surface area contributed by atoms with Crippen molar-refractivity contribution in [1.82, 2.24) is 9.78 Å². The number of nitrogens with zero attached hydrogens (tertiary/aromatic N) is 2. The Morgan fingerprint density at radius 2 is 1.88 bits per heavy atom. The van der Waals surface area contributed by atoms with E-state index >= 15 is 0 Å². The fourth-order valence-corrected chi connectivity index (χ4v) is 2.42. The van der Waals surface area contributed by atoms with Crippen LogP contribution >= 0.6 is 0 Å². The summed E-state index contributed by atoms with van der Waals surface area (Å²) in [5.41, 5.74) is 2.90. The van der Waals surface area contributed by atoms with Gasteiger partial charge in [0.1, 0.15) is 5.82 Å². The molecule has 0 aliphatic rings. The van der Waals surface area contributed by atoms with Crippen LogP contribution in [0.5, 0.6) is 0 Å². The number of nitrogens with one attached hydrogen (secondary N) is 1. The maximum atomic E-state index is 12.2. The summed E-state index contributed by atoms with van der Waals surface area (Å²) in [6.45, 7) is 8.92. The number of carbonyl (C=O) groups excluding carboxylic acids is 2. The number of carbonyl (C=O) groups is 2. The van der Waals surface area contributed by atoms with Gasteiger partial charge in [-0.3, -0.25) is 9.59 Å². The largest absolute Gasteiger partial charge is 0.311 e. The highest BCUT2D eigenvalue weighted by Gasteiger charge is 2.12. The SMILES string of the molecule is Cc1ccc(C(=O)CCC(=O)Nc2ccnn2CC(C)C)cc1C. The molecule has 0 radical (unpaired) electrons. The van der Waals surface area contributed by atoms with Crippen LogP contribution in [0.15, 0.2) is 30.5 Å². The number of rotatable bonds is 7. The zero-order valence-electron chi connectivity index (χ0n) is 14.8. The lowest BCUT2D eigenvalue weighted by Gasteiger charge is -2.11. The van der Waals surface area contributed by atoms with Crippen molar-refractivity contribution in [3.05, 3.63) is 47.2 Å². The van der Waals surface area contributed by atoms with Gasteiger partial charge in [-0.1, -0.05) is 26.0 Å². The third kappa shape index (κ3) is 4.78. The van der Waals surface area contributed by atoms with Gasteiger partial charge in [-0.2, -0.15) is 5.10 Å². The lowest BCUT2D eigenvalue weighted by molar-refractivity contribution is -0.116. The van der Waals surface area contributed by atoms with Gasteiger partial charge in [0, 0.05) is 31.0 Å². The van der Waals surface area contributed by atoms with E-state index in [0.717, 1.165) is 17.7 Å². The van der Waals surface area contributed by atoms with E-state index in [-0.39, 0.29) is 24.5 Å². The Balaban J connectivity index is 1.90. The molecule has 0 aliphatic carbocycles. The highest BCUT2D eigenvalue weighted by molar-refractivity contribution is 6.00. The Hall–Kier alpha value is -2.43. The molecule has 0 unspecified atom stereocenters. The lowest BCUT2D eigenvalue weighted by atomic mass is 10.0. The first-order valence-electron chi connectivity index (χ1n) is 8.29. The number of Topliss-reactive ketones (excluding diaryl/α,β-unsaturated/α-hetero) is 1. The Morgan fingerprint density at radius 1 is 1.12 bits per heavy atom. The molecule has 5 heteroatoms. The van der Waals surface area contributed by atoms with Crippen molar-refractivity contribution in [1.29, 1.82) is 0 Å². The van der Waals surface area contributed by atoms with Crippen LogP contribution in [0.1, 0.15) is 48.2 Å². The smallest absolute Gasteiger partial charge is 0.225 e. The number of anilines is 1. The predicted octanol–water partition coefficient (Wildman–Crippen LogP) is 3.76. The first kappa shape index (κ1) is 17.9. The third-order valence-electron chi connectivity index (χ3n) is 3.93. The molecule has 24 heavy (non-hydrogen) atoms. The van der Waals surface area contributed by atoms with E-state index in [1.54, 1.807) is 16.9 Å². The standard InChI is InChI=1S/C19H25N3O2/c1-13(2)12-22-18(9-10-20-22)21-19(24)8-7-17(23)16-6-5-14(3)15(4)11-16/h5-6,9-11,13H,7-8,12H2,1-4H3,(H,21,24). The molecule has 0 saturated heterocycles. The average Bonchev–Trinajstić information content (AvgIpc) is 2.93. The molecule has 128 valence electrons. The Morgan fingerprint density at radius 3 is 2.54 bits per heavy atom. The molecule has 1 aromatic heterocycles. The van der Waals surface area contributed by atoms with Crippen LogP contribution in [0.3, 0.4) is 0 Å². The summed E-state index contributed by atoms with van der Waals surface area (Å²) in [6.07, 6.45) is 2.03. The van der Waals surface area contributed by atoms with Gasteiger partial charge in [-0.05, 0) is 37.0 Å². The second-order valence-electron chi connectivity index (χ2n) is 6.56. The zero-order valence-corrected chi connectivity index (χ0v) is 14.8. The van der Waals surface area contributed by atoms with E-state index in [0.29, 0.717) is 17.3 Å². The van der Waals surface area contributed by atoms with E-state index < -0.39 is 0 Å². The molecule has 1 aromatic carbocycles. The molecule has 0 aliphatic heterocycles. The maximum Gasteiger partial charge on any atom is 0.225 e. The van der Waals surface area contributed by atoms with Crippen molar-refractivity contribution in [3.8, 4) is 0 Å². The summed E-state index contributed by atoms with van der Waals surface area (Å²) >= 11 is 0. The highest BCUT2D eigenvalue weighted by atomic mass is 16.2. The van der Waals surface area contributed by atoms with Gasteiger partial charge in [0.15, 0.2) is 5.78 Å². The maximum absolute atomic E-state index is 12.2. The molecule has 0 fully saturated rings. The molecule has 0 atom stereocenters. The van der Waals surface area contributed by atoms with Crippen molar-refractivity contribution < 1.29 is 9.59 Å². The minimum atomic E-state index is -0.169. The number of benzene rings is 1. The summed E-state index contributed by atoms with van der Waals surface area (Å²) < 4.78 is 1.77. The van der Waals surface area contributed by atoms with Crippen molar-refractivity contribution >= 4 is 17.5 Å². The fraction of sp³-hybridized carbons (Fsp3) is 0.421. The van der Waals surface area contributed by atoms with Crippen molar-refractivity contribution in [2.45, 2.75) is 47.1 Å². The number of hydrogen-bond acceptors (Lipinski definition) is 3. The summed E-state index contributed by atoms with van der Waals surface area (Å²) in [5.74, 6) is 0.931. The first-order valence-corrected chi connectivity index (χ1v) is 8.29. The molecule has 2 rings (SSSR count). The van der Waals surface area contributed by atoms with Crippen LogP contribution in [0.2, 0.25) is 0 Å². The quantitative estimate of drug-likeness (QED) is 0.788. The molecule has 0 bridgehead atoms. The normalized spacial score (nSPS) is 10.9. The summed E-state index contributed by atoms with van der Waals surface area (Å²) in [6, 6.07) is 7.41. The summed E-state index contributed by atoms with van der Waals surface area (Å²) in [7, 11) is 0. The molecule has 2 aromatic rings. The molecule has 1 amide bonds. The minimum absolute atomic E-state index is 0.0102. The van der Waals surface area contributed by atoms with E-state index in [2.05, 4.69) is 24.3 Å². The number of aromatic nitrogens is 2. The predicted molar refractivity (Wildman–Crippen MR) is 95.2 cm³/mol. The van der Waals surface area contributed by atoms with Crippen molar-refractivity contribution in [2.75, 3.05) is 5.32 Å². The van der Waals surface area contributed by atoms with Crippen LogP contribution in [-0.2, 0) is 11.3 Å². The van der Waals surface area contributed by atoms with Gasteiger partial charge in [0.25, 0.3) is 0 Å². The molecular weight excluding hydrogens is 302 g/mol. The minimum Gasteiger partial charge on any atom is -0.311 e. The van der Waals surface area contributed by atoms with Crippen molar-refractivity contribution in [3.63, 3.8) is 0 Å². The molecule has 0 saturated carbocycles. The summed E-state index contributed by atoms with van der Waals surface area (Å²) in [4.78, 5) is 24.3. The number of hydrogen-bond donors (Lipinski definition) is 1. The Kier molecular flexibility index (Phi) is 5.90. The second kappa shape index (κ2) is 7.90. The van der Waals surface area contributed by atoms with Gasteiger partial charge in [0.05, 0.1) is 6.20 Å². The van der Waals surface area contributed by atoms with Gasteiger partial charge in [-0.25, -0.2) is 4.68 Å².